The van der Waals surface area contributed by atoms with E-state index in [4.69, 9.17) is 13.9 Å². The zero-order chi connectivity index (χ0) is 20.7. The van der Waals surface area contributed by atoms with Gasteiger partial charge < -0.3 is 24.1 Å². The topological polar surface area (TPSA) is 89.7 Å². The third-order valence-electron chi connectivity index (χ3n) is 5.94. The SMILES string of the molecule is Cc1oc2ncnc(N3CCCC(C(=O)NCc4ccc5c(c4)OCO5)C3)c2c1C. The van der Waals surface area contributed by atoms with Gasteiger partial charge in [0.05, 0.1) is 11.3 Å². The van der Waals surface area contributed by atoms with Crippen molar-refractivity contribution in [2.75, 3.05) is 24.8 Å². The third kappa shape index (κ3) is 3.32. The number of hydrogen-bond acceptors (Lipinski definition) is 7. The maximum atomic E-state index is 12.9. The zero-order valence-corrected chi connectivity index (χ0v) is 17.1. The molecule has 1 amide bonds. The second-order valence-electron chi connectivity index (χ2n) is 7.85. The van der Waals surface area contributed by atoms with Crippen molar-refractivity contribution in [3.63, 3.8) is 0 Å². The molecule has 1 atom stereocenters. The molecule has 2 aliphatic rings. The largest absolute Gasteiger partial charge is 0.454 e. The molecule has 1 N–H and O–H groups in total. The summed E-state index contributed by atoms with van der Waals surface area (Å²) in [6.07, 6.45) is 3.33. The maximum absolute atomic E-state index is 12.9. The number of carbonyl (C=O) groups is 1. The summed E-state index contributed by atoms with van der Waals surface area (Å²) < 4.78 is 16.5. The number of furan rings is 1. The Morgan fingerprint density at radius 3 is 3.00 bits per heavy atom. The predicted molar refractivity (Wildman–Crippen MR) is 111 cm³/mol. The van der Waals surface area contributed by atoms with Crippen LogP contribution in [0.1, 0.15) is 29.7 Å². The highest BCUT2D eigenvalue weighted by atomic mass is 16.7. The molecule has 0 radical (unpaired) electrons. The van der Waals surface area contributed by atoms with E-state index in [-0.39, 0.29) is 18.6 Å². The number of ether oxygens (including phenoxy) is 2. The lowest BCUT2D eigenvalue weighted by Crippen LogP contribution is -2.43. The standard InChI is InChI=1S/C22H24N4O4/c1-13-14(2)30-22-19(13)20(24-11-25-22)26-7-3-4-16(10-26)21(27)23-9-15-5-6-17-18(8-15)29-12-28-17/h5-6,8,11,16H,3-4,7,9-10,12H2,1-2H3,(H,23,27). The molecule has 0 spiro atoms. The number of benzene rings is 1. The van der Waals surface area contributed by atoms with Crippen LogP contribution in [-0.4, -0.2) is 35.8 Å². The number of anilines is 1. The molecule has 1 aromatic carbocycles. The van der Waals surface area contributed by atoms with E-state index in [2.05, 4.69) is 20.2 Å². The summed E-state index contributed by atoms with van der Waals surface area (Å²) in [6, 6.07) is 5.74. The Kier molecular flexibility index (Phi) is 4.69. The van der Waals surface area contributed by atoms with Crippen molar-refractivity contribution in [2.24, 2.45) is 5.92 Å². The van der Waals surface area contributed by atoms with Gasteiger partial charge in [0.1, 0.15) is 17.9 Å². The van der Waals surface area contributed by atoms with Gasteiger partial charge in [-0.1, -0.05) is 6.07 Å². The minimum atomic E-state index is -0.0916. The number of nitrogens with one attached hydrogen (secondary N) is 1. The van der Waals surface area contributed by atoms with Gasteiger partial charge >= 0.3 is 0 Å². The Bertz CT molecular complexity index is 1110. The zero-order valence-electron chi connectivity index (χ0n) is 17.1. The second kappa shape index (κ2) is 7.51. The number of piperidine rings is 1. The van der Waals surface area contributed by atoms with Gasteiger partial charge in [0.15, 0.2) is 11.5 Å². The van der Waals surface area contributed by atoms with E-state index in [1.54, 1.807) is 0 Å². The van der Waals surface area contributed by atoms with Crippen molar-refractivity contribution in [1.29, 1.82) is 0 Å². The quantitative estimate of drug-likeness (QED) is 0.709. The maximum Gasteiger partial charge on any atom is 0.231 e. The molecule has 4 heterocycles. The van der Waals surface area contributed by atoms with Gasteiger partial charge in [-0.25, -0.2) is 9.97 Å². The van der Waals surface area contributed by atoms with Crippen LogP contribution >= 0.6 is 0 Å². The van der Waals surface area contributed by atoms with Crippen molar-refractivity contribution < 1.29 is 18.7 Å². The molecule has 2 aliphatic heterocycles. The lowest BCUT2D eigenvalue weighted by Gasteiger charge is -2.33. The van der Waals surface area contributed by atoms with Crippen molar-refractivity contribution in [1.82, 2.24) is 15.3 Å². The highest BCUT2D eigenvalue weighted by molar-refractivity contribution is 5.90. The van der Waals surface area contributed by atoms with E-state index >= 15 is 0 Å². The summed E-state index contributed by atoms with van der Waals surface area (Å²) in [6.45, 7) is 6.15. The fourth-order valence-corrected chi connectivity index (χ4v) is 4.17. The Hall–Kier alpha value is -3.29. The lowest BCUT2D eigenvalue weighted by molar-refractivity contribution is -0.125. The van der Waals surface area contributed by atoms with Crippen LogP contribution in [-0.2, 0) is 11.3 Å². The highest BCUT2D eigenvalue weighted by Gasteiger charge is 2.28. The molecule has 8 heteroatoms. The minimum Gasteiger partial charge on any atom is -0.454 e. The minimum absolute atomic E-state index is 0.0581. The molecule has 0 saturated carbocycles. The number of rotatable bonds is 4. The van der Waals surface area contributed by atoms with E-state index < -0.39 is 0 Å². The van der Waals surface area contributed by atoms with Gasteiger partial charge in [-0.2, -0.15) is 0 Å². The van der Waals surface area contributed by atoms with Gasteiger partial charge in [0, 0.05) is 25.2 Å². The summed E-state index contributed by atoms with van der Waals surface area (Å²) in [5.41, 5.74) is 2.64. The van der Waals surface area contributed by atoms with Gasteiger partial charge in [0.2, 0.25) is 18.4 Å². The molecular formula is C22H24N4O4. The summed E-state index contributed by atoms with van der Waals surface area (Å²) >= 11 is 0. The van der Waals surface area contributed by atoms with Crippen LogP contribution in [0.4, 0.5) is 5.82 Å². The summed E-state index contributed by atoms with van der Waals surface area (Å²) in [5.74, 6) is 3.14. The summed E-state index contributed by atoms with van der Waals surface area (Å²) in [5, 5.41) is 4.01. The number of aromatic nitrogens is 2. The number of hydrogen-bond donors (Lipinski definition) is 1. The monoisotopic (exact) mass is 408 g/mol. The molecule has 30 heavy (non-hydrogen) atoms. The van der Waals surface area contributed by atoms with E-state index in [9.17, 15) is 4.79 Å². The van der Waals surface area contributed by atoms with Gasteiger partial charge in [-0.05, 0) is 44.4 Å². The first-order chi connectivity index (χ1) is 14.6. The fourth-order valence-electron chi connectivity index (χ4n) is 4.17. The predicted octanol–water partition coefficient (Wildman–Crippen LogP) is 3.10. The van der Waals surface area contributed by atoms with Crippen LogP contribution in [0.5, 0.6) is 11.5 Å². The Morgan fingerprint density at radius 1 is 1.23 bits per heavy atom. The van der Waals surface area contributed by atoms with Gasteiger partial charge in [-0.3, -0.25) is 4.79 Å². The summed E-state index contributed by atoms with van der Waals surface area (Å²) in [4.78, 5) is 23.8. The molecule has 1 saturated heterocycles. The Balaban J connectivity index is 1.28. The first kappa shape index (κ1) is 18.7. The second-order valence-corrected chi connectivity index (χ2v) is 7.85. The van der Waals surface area contributed by atoms with Crippen molar-refractivity contribution in [2.45, 2.75) is 33.2 Å². The molecule has 156 valence electrons. The fraction of sp³-hybridized carbons (Fsp3) is 0.409. The molecule has 0 aliphatic carbocycles. The molecule has 1 unspecified atom stereocenters. The van der Waals surface area contributed by atoms with Crippen molar-refractivity contribution in [3.8, 4) is 11.5 Å². The van der Waals surface area contributed by atoms with E-state index in [1.165, 1.54) is 6.33 Å². The van der Waals surface area contributed by atoms with Crippen LogP contribution in [0.25, 0.3) is 11.1 Å². The molecule has 3 aromatic rings. The van der Waals surface area contributed by atoms with Crippen LogP contribution in [0, 0.1) is 19.8 Å². The number of fused-ring (bicyclic) bond motifs is 2. The van der Waals surface area contributed by atoms with Crippen LogP contribution in [0.3, 0.4) is 0 Å². The average molecular weight is 408 g/mol. The van der Waals surface area contributed by atoms with Crippen LogP contribution in [0.2, 0.25) is 0 Å². The molecular weight excluding hydrogens is 384 g/mol. The molecule has 5 rings (SSSR count). The number of carbonyl (C=O) groups excluding carboxylic acids is 1. The van der Waals surface area contributed by atoms with Crippen LogP contribution in [0.15, 0.2) is 28.9 Å². The normalized spacial score (nSPS) is 18.1. The highest BCUT2D eigenvalue weighted by Crippen LogP contribution is 2.34. The van der Waals surface area contributed by atoms with Crippen LogP contribution < -0.4 is 19.7 Å². The smallest absolute Gasteiger partial charge is 0.231 e. The van der Waals surface area contributed by atoms with Gasteiger partial charge in [-0.15, -0.1) is 0 Å². The van der Waals surface area contributed by atoms with E-state index in [0.717, 1.165) is 59.0 Å². The Morgan fingerprint density at radius 2 is 2.10 bits per heavy atom. The average Bonchev–Trinajstić information content (AvgIpc) is 3.35. The van der Waals surface area contributed by atoms with Crippen molar-refractivity contribution >= 4 is 22.8 Å². The molecule has 0 bridgehead atoms. The van der Waals surface area contributed by atoms with Crippen molar-refractivity contribution in [3.05, 3.63) is 41.4 Å². The third-order valence-corrected chi connectivity index (χ3v) is 5.94. The first-order valence-electron chi connectivity index (χ1n) is 10.2. The van der Waals surface area contributed by atoms with E-state index in [1.807, 2.05) is 32.0 Å². The van der Waals surface area contributed by atoms with E-state index in [0.29, 0.717) is 18.8 Å². The number of aryl methyl sites for hydroxylation is 2. The number of nitrogens with zero attached hydrogens (tertiary/aromatic N) is 3. The van der Waals surface area contributed by atoms with Gasteiger partial charge in [0.25, 0.3) is 0 Å². The molecule has 8 nitrogen and oxygen atoms in total. The Labute approximate surface area is 174 Å². The molecule has 1 fully saturated rings. The lowest BCUT2D eigenvalue weighted by atomic mass is 9.96. The summed E-state index contributed by atoms with van der Waals surface area (Å²) in [7, 11) is 0. The molecule has 2 aromatic heterocycles. The first-order valence-corrected chi connectivity index (χ1v) is 10.2. The number of amides is 1.